The predicted molar refractivity (Wildman–Crippen MR) is 316 cm³/mol. The Kier molecular flexibility index (Phi) is 59.8. The van der Waals surface area contributed by atoms with Gasteiger partial charge >= 0.3 is 11.9 Å². The number of hydrogen-bond donors (Lipinski definition) is 1. The number of hydrogen-bond acceptors (Lipinski definition) is 5. The summed E-state index contributed by atoms with van der Waals surface area (Å²) in [5.41, 5.74) is 0. The summed E-state index contributed by atoms with van der Waals surface area (Å²) in [5.74, 6) is -0.594. The van der Waals surface area contributed by atoms with Gasteiger partial charge in [-0.15, -0.1) is 0 Å². The van der Waals surface area contributed by atoms with E-state index >= 15 is 0 Å². The van der Waals surface area contributed by atoms with Crippen LogP contribution in [0.1, 0.15) is 309 Å². The molecule has 0 aromatic rings. The fourth-order valence-corrected chi connectivity index (χ4v) is 9.03. The Bertz CT molecular complexity index is 1320. The monoisotopic (exact) mass is 1000 g/mol. The molecule has 416 valence electrons. The molecule has 0 bridgehead atoms. The van der Waals surface area contributed by atoms with Crippen LogP contribution in [0.3, 0.4) is 0 Å². The highest BCUT2D eigenvalue weighted by Crippen LogP contribution is 2.17. The smallest absolute Gasteiger partial charge is 0.306 e. The molecule has 1 unspecified atom stereocenters. The normalized spacial score (nSPS) is 12.8. The summed E-state index contributed by atoms with van der Waals surface area (Å²) in [6.45, 7) is 4.03. The van der Waals surface area contributed by atoms with Crippen molar-refractivity contribution in [1.29, 1.82) is 0 Å². The van der Waals surface area contributed by atoms with E-state index in [1.807, 2.05) is 0 Å². The average molecular weight is 1000 g/mol. The number of ether oxygens (including phenoxy) is 2. The van der Waals surface area contributed by atoms with Crippen molar-refractivity contribution in [3.8, 4) is 0 Å². The molecule has 0 aliphatic rings. The maximum atomic E-state index is 12.3. The molecule has 72 heavy (non-hydrogen) atoms. The average Bonchev–Trinajstić information content (AvgIpc) is 3.38. The van der Waals surface area contributed by atoms with E-state index in [1.54, 1.807) is 0 Å². The molecule has 1 atom stereocenters. The molecule has 0 aliphatic heterocycles. The first kappa shape index (κ1) is 69.1. The number of carbonyl (C=O) groups excluding carboxylic acids is 2. The summed E-state index contributed by atoms with van der Waals surface area (Å²) in [6.07, 6.45) is 87.3. The van der Waals surface area contributed by atoms with Crippen molar-refractivity contribution in [3.05, 3.63) is 85.1 Å². The Labute approximate surface area is 447 Å². The van der Waals surface area contributed by atoms with Gasteiger partial charge < -0.3 is 14.6 Å². The summed E-state index contributed by atoms with van der Waals surface area (Å²) < 4.78 is 10.7. The summed E-state index contributed by atoms with van der Waals surface area (Å²) >= 11 is 0. The molecule has 5 nitrogen and oxygen atoms in total. The van der Waals surface area contributed by atoms with Gasteiger partial charge in [0, 0.05) is 12.8 Å². The van der Waals surface area contributed by atoms with Crippen LogP contribution in [0.4, 0.5) is 0 Å². The number of unbranched alkanes of at least 4 members (excludes halogenated alkanes) is 35. The van der Waals surface area contributed by atoms with Gasteiger partial charge in [0.05, 0.1) is 6.61 Å². The fraction of sp³-hybridized carbons (Fsp3) is 0.761. The first-order chi connectivity index (χ1) is 35.6. The molecule has 0 fully saturated rings. The largest absolute Gasteiger partial charge is 0.462 e. The van der Waals surface area contributed by atoms with Crippen LogP contribution in [-0.4, -0.2) is 36.4 Å². The highest BCUT2D eigenvalue weighted by atomic mass is 16.6. The van der Waals surface area contributed by atoms with Gasteiger partial charge in [-0.25, -0.2) is 0 Å². The van der Waals surface area contributed by atoms with Crippen molar-refractivity contribution >= 4 is 11.9 Å². The van der Waals surface area contributed by atoms with Crippen LogP contribution in [0.5, 0.6) is 0 Å². The first-order valence-corrected chi connectivity index (χ1v) is 31.1. The van der Waals surface area contributed by atoms with E-state index < -0.39 is 6.10 Å². The third kappa shape index (κ3) is 59.6. The number of esters is 2. The van der Waals surface area contributed by atoms with E-state index in [9.17, 15) is 14.7 Å². The van der Waals surface area contributed by atoms with Crippen molar-refractivity contribution in [2.24, 2.45) is 0 Å². The minimum Gasteiger partial charge on any atom is -0.462 e. The molecule has 0 heterocycles. The maximum Gasteiger partial charge on any atom is 0.306 e. The molecule has 0 radical (unpaired) electrons. The van der Waals surface area contributed by atoms with E-state index in [0.29, 0.717) is 12.8 Å². The molecule has 0 spiro atoms. The number of aliphatic hydroxyl groups excluding tert-OH is 1. The Morgan fingerprint density at radius 1 is 0.333 bits per heavy atom. The molecule has 5 heteroatoms. The zero-order valence-corrected chi connectivity index (χ0v) is 47.7. The van der Waals surface area contributed by atoms with Gasteiger partial charge in [-0.05, 0) is 89.9 Å². The summed E-state index contributed by atoms with van der Waals surface area (Å²) in [7, 11) is 0. The molecular weight excluding hydrogens is 885 g/mol. The van der Waals surface area contributed by atoms with Crippen LogP contribution < -0.4 is 0 Å². The Morgan fingerprint density at radius 3 is 0.903 bits per heavy atom. The molecule has 0 amide bonds. The standard InChI is InChI=1S/C67H118O5/c1-3-5-7-9-11-13-15-17-19-21-23-25-26-27-28-29-30-31-32-33-34-35-36-37-38-39-40-42-44-46-48-50-52-54-56-58-60-62-67(70)72-65(63-68)64-71-66(69)61-59-57-55-53-51-49-47-45-43-41-24-22-20-18-16-14-12-10-8-6-4-2/h5,7,11,13,16-19,22-25,43,45,65,68H,3-4,6,8-10,12,14-15,20-21,26-42,44,46-64H2,1-2H3/b7-5-,13-11-,18-16-,19-17-,24-22-,25-23-,45-43-. The molecular formula is C67H118O5. The molecule has 1 N–H and O–H groups in total. The van der Waals surface area contributed by atoms with Crippen LogP contribution in [0.15, 0.2) is 85.1 Å². The van der Waals surface area contributed by atoms with E-state index in [-0.39, 0.29) is 25.2 Å². The summed E-state index contributed by atoms with van der Waals surface area (Å²) in [5, 5.41) is 9.67. The minimum atomic E-state index is -0.780. The van der Waals surface area contributed by atoms with Gasteiger partial charge in [0.1, 0.15) is 6.61 Å². The van der Waals surface area contributed by atoms with E-state index in [2.05, 4.69) is 98.9 Å². The zero-order chi connectivity index (χ0) is 52.0. The maximum absolute atomic E-state index is 12.3. The lowest BCUT2D eigenvalue weighted by Gasteiger charge is -2.15. The second kappa shape index (κ2) is 62.4. The highest BCUT2D eigenvalue weighted by Gasteiger charge is 2.16. The number of carbonyl (C=O) groups is 2. The molecule has 0 rings (SSSR count). The van der Waals surface area contributed by atoms with E-state index in [4.69, 9.17) is 9.47 Å². The molecule has 0 saturated heterocycles. The first-order valence-electron chi connectivity index (χ1n) is 31.1. The second-order valence-electron chi connectivity index (χ2n) is 20.8. The third-order valence-electron chi connectivity index (χ3n) is 13.7. The third-order valence-corrected chi connectivity index (χ3v) is 13.7. The lowest BCUT2D eigenvalue weighted by molar-refractivity contribution is -0.161. The number of allylic oxidation sites excluding steroid dienone is 14. The Morgan fingerprint density at radius 2 is 0.597 bits per heavy atom. The summed E-state index contributed by atoms with van der Waals surface area (Å²) in [4.78, 5) is 24.6. The lowest BCUT2D eigenvalue weighted by atomic mass is 10.0. The van der Waals surface area contributed by atoms with Crippen LogP contribution in [0.25, 0.3) is 0 Å². The summed E-state index contributed by atoms with van der Waals surface area (Å²) in [6, 6.07) is 0. The number of rotatable bonds is 57. The molecule has 0 saturated carbocycles. The van der Waals surface area contributed by atoms with E-state index in [1.165, 1.54) is 199 Å². The number of aliphatic hydroxyl groups is 1. The van der Waals surface area contributed by atoms with Crippen LogP contribution in [0.2, 0.25) is 0 Å². The molecule has 0 aliphatic carbocycles. The van der Waals surface area contributed by atoms with Gasteiger partial charge in [-0.3, -0.25) is 9.59 Å². The highest BCUT2D eigenvalue weighted by molar-refractivity contribution is 5.70. The van der Waals surface area contributed by atoms with Gasteiger partial charge in [0.15, 0.2) is 6.10 Å². The molecule has 0 aromatic heterocycles. The SMILES string of the molecule is CC/C=C\C/C=C\C/C=C\C/C=C\CCCCCCCCCCCCCCCCCCCCCCCCCCC(=O)OC(CO)COC(=O)CCCCCCCC/C=C\C/C=C\C/C=C\CCCCCCC. The van der Waals surface area contributed by atoms with Crippen LogP contribution in [0, 0.1) is 0 Å². The van der Waals surface area contributed by atoms with E-state index in [0.717, 1.165) is 83.5 Å². The van der Waals surface area contributed by atoms with Crippen molar-refractivity contribution in [3.63, 3.8) is 0 Å². The second-order valence-corrected chi connectivity index (χ2v) is 20.8. The fourth-order valence-electron chi connectivity index (χ4n) is 9.03. The minimum absolute atomic E-state index is 0.0722. The van der Waals surface area contributed by atoms with Gasteiger partial charge in [0.2, 0.25) is 0 Å². The van der Waals surface area contributed by atoms with Crippen LogP contribution in [-0.2, 0) is 19.1 Å². The molecule has 0 aromatic carbocycles. The van der Waals surface area contributed by atoms with Gasteiger partial charge in [-0.2, -0.15) is 0 Å². The quantitative estimate of drug-likeness (QED) is 0.0373. The van der Waals surface area contributed by atoms with Crippen molar-refractivity contribution < 1.29 is 24.2 Å². The topological polar surface area (TPSA) is 72.8 Å². The van der Waals surface area contributed by atoms with Crippen molar-refractivity contribution in [1.82, 2.24) is 0 Å². The van der Waals surface area contributed by atoms with Crippen LogP contribution >= 0.6 is 0 Å². The van der Waals surface area contributed by atoms with Crippen molar-refractivity contribution in [2.75, 3.05) is 13.2 Å². The van der Waals surface area contributed by atoms with Crippen molar-refractivity contribution in [2.45, 2.75) is 315 Å². The zero-order valence-electron chi connectivity index (χ0n) is 47.7. The lowest BCUT2D eigenvalue weighted by Crippen LogP contribution is -2.28. The Balaban J connectivity index is 3.44. The predicted octanol–water partition coefficient (Wildman–Crippen LogP) is 21.3. The Hall–Kier alpha value is -2.92. The van der Waals surface area contributed by atoms with Gasteiger partial charge in [0.25, 0.3) is 0 Å². The van der Waals surface area contributed by atoms with Gasteiger partial charge in [-0.1, -0.05) is 292 Å².